The van der Waals surface area contributed by atoms with Crippen molar-refractivity contribution >= 4 is 5.91 Å². The summed E-state index contributed by atoms with van der Waals surface area (Å²) in [6.07, 6.45) is 15.1. The van der Waals surface area contributed by atoms with Crippen LogP contribution < -0.4 is 0 Å². The molecule has 0 aromatic heterocycles. The highest BCUT2D eigenvalue weighted by Gasteiger charge is 2.53. The van der Waals surface area contributed by atoms with Crippen molar-refractivity contribution in [2.45, 2.75) is 76.7 Å². The average molecular weight is 275 g/mol. The first-order valence-corrected chi connectivity index (χ1v) is 9.17. The Kier molecular flexibility index (Phi) is 3.52. The zero-order chi connectivity index (χ0) is 13.5. The lowest BCUT2D eigenvalue weighted by Gasteiger charge is -2.44. The number of nitrogens with zero attached hydrogens (tertiary/aromatic N) is 1. The van der Waals surface area contributed by atoms with E-state index in [2.05, 4.69) is 4.90 Å². The van der Waals surface area contributed by atoms with Crippen LogP contribution in [-0.2, 0) is 4.79 Å². The van der Waals surface area contributed by atoms with Crippen LogP contribution in [0.1, 0.15) is 70.6 Å². The van der Waals surface area contributed by atoms with Crippen LogP contribution in [0.4, 0.5) is 0 Å². The van der Waals surface area contributed by atoms with Gasteiger partial charge in [0, 0.05) is 18.5 Å². The molecular weight excluding hydrogens is 246 g/mol. The third-order valence-electron chi connectivity index (χ3n) is 6.85. The second-order valence-electron chi connectivity index (χ2n) is 7.78. The van der Waals surface area contributed by atoms with Crippen molar-refractivity contribution in [3.05, 3.63) is 0 Å². The molecule has 0 aromatic carbocycles. The molecule has 2 heterocycles. The average Bonchev–Trinajstić information content (AvgIpc) is 2.82. The Labute approximate surface area is 123 Å². The molecule has 2 aliphatic carbocycles. The molecule has 0 aromatic rings. The van der Waals surface area contributed by atoms with E-state index in [0.717, 1.165) is 24.3 Å². The first-order valence-electron chi connectivity index (χ1n) is 9.17. The highest BCUT2D eigenvalue weighted by atomic mass is 16.2. The lowest BCUT2D eigenvalue weighted by molar-refractivity contribution is -0.134. The zero-order valence-electron chi connectivity index (χ0n) is 12.7. The van der Waals surface area contributed by atoms with Crippen LogP contribution in [0.2, 0.25) is 0 Å². The van der Waals surface area contributed by atoms with E-state index in [0.29, 0.717) is 17.9 Å². The summed E-state index contributed by atoms with van der Waals surface area (Å²) in [5.41, 5.74) is 0. The van der Waals surface area contributed by atoms with E-state index >= 15 is 0 Å². The van der Waals surface area contributed by atoms with Crippen molar-refractivity contribution in [3.8, 4) is 0 Å². The zero-order valence-corrected chi connectivity index (χ0v) is 12.7. The SMILES string of the molecule is O=C1C2CCCCC2C2C(C3CCCCC3)CCCN12. The highest BCUT2D eigenvalue weighted by molar-refractivity contribution is 5.82. The van der Waals surface area contributed by atoms with Gasteiger partial charge < -0.3 is 4.90 Å². The molecule has 112 valence electrons. The van der Waals surface area contributed by atoms with Crippen LogP contribution in [0.3, 0.4) is 0 Å². The number of fused-ring (bicyclic) bond motifs is 3. The molecule has 0 bridgehead atoms. The Bertz CT molecular complexity index is 374. The Morgan fingerprint density at radius 2 is 1.45 bits per heavy atom. The maximum absolute atomic E-state index is 12.7. The number of amides is 1. The fourth-order valence-electron chi connectivity index (χ4n) is 6.02. The molecule has 2 nitrogen and oxygen atoms in total. The summed E-state index contributed by atoms with van der Waals surface area (Å²) < 4.78 is 0. The molecule has 0 radical (unpaired) electrons. The molecule has 4 rings (SSSR count). The molecular formula is C18H29NO. The van der Waals surface area contributed by atoms with Gasteiger partial charge in [0.2, 0.25) is 5.91 Å². The number of piperidine rings is 1. The molecule has 2 heteroatoms. The van der Waals surface area contributed by atoms with Gasteiger partial charge in [-0.3, -0.25) is 4.79 Å². The second-order valence-corrected chi connectivity index (χ2v) is 7.78. The van der Waals surface area contributed by atoms with E-state index < -0.39 is 0 Å². The van der Waals surface area contributed by atoms with Crippen LogP contribution in [-0.4, -0.2) is 23.4 Å². The minimum atomic E-state index is 0.415. The van der Waals surface area contributed by atoms with E-state index in [1.807, 2.05) is 0 Å². The van der Waals surface area contributed by atoms with Crippen molar-refractivity contribution in [1.82, 2.24) is 4.90 Å². The molecule has 4 atom stereocenters. The number of rotatable bonds is 1. The van der Waals surface area contributed by atoms with E-state index in [4.69, 9.17) is 0 Å². The molecule has 4 fully saturated rings. The summed E-state index contributed by atoms with van der Waals surface area (Å²) in [7, 11) is 0. The molecule has 2 saturated heterocycles. The molecule has 4 unspecified atom stereocenters. The predicted octanol–water partition coefficient (Wildman–Crippen LogP) is 3.99. The smallest absolute Gasteiger partial charge is 0.226 e. The van der Waals surface area contributed by atoms with Crippen LogP contribution in [0.25, 0.3) is 0 Å². The van der Waals surface area contributed by atoms with Gasteiger partial charge in [-0.15, -0.1) is 0 Å². The third kappa shape index (κ3) is 2.02. The highest BCUT2D eigenvalue weighted by Crippen LogP contribution is 2.50. The minimum Gasteiger partial charge on any atom is -0.339 e. The topological polar surface area (TPSA) is 20.3 Å². The number of carbonyl (C=O) groups is 1. The fraction of sp³-hybridized carbons (Fsp3) is 0.944. The van der Waals surface area contributed by atoms with Gasteiger partial charge in [-0.2, -0.15) is 0 Å². The van der Waals surface area contributed by atoms with Gasteiger partial charge in [-0.05, 0) is 43.4 Å². The fourth-order valence-corrected chi connectivity index (χ4v) is 6.02. The van der Waals surface area contributed by atoms with E-state index in [-0.39, 0.29) is 0 Å². The first kappa shape index (κ1) is 13.2. The Balaban J connectivity index is 1.59. The summed E-state index contributed by atoms with van der Waals surface area (Å²) in [5, 5.41) is 0. The predicted molar refractivity (Wildman–Crippen MR) is 80.2 cm³/mol. The van der Waals surface area contributed by atoms with Crippen molar-refractivity contribution in [2.75, 3.05) is 6.54 Å². The van der Waals surface area contributed by atoms with Crippen LogP contribution in [0, 0.1) is 23.7 Å². The number of hydrogen-bond donors (Lipinski definition) is 0. The third-order valence-corrected chi connectivity index (χ3v) is 6.85. The Hall–Kier alpha value is -0.530. The molecule has 0 N–H and O–H groups in total. The maximum atomic E-state index is 12.7. The largest absolute Gasteiger partial charge is 0.339 e. The maximum Gasteiger partial charge on any atom is 0.226 e. The summed E-state index contributed by atoms with van der Waals surface area (Å²) in [5.74, 6) is 3.47. The van der Waals surface area contributed by atoms with E-state index in [1.165, 1.54) is 70.6 Å². The molecule has 2 saturated carbocycles. The van der Waals surface area contributed by atoms with Crippen molar-refractivity contribution in [1.29, 1.82) is 0 Å². The monoisotopic (exact) mass is 275 g/mol. The van der Waals surface area contributed by atoms with Crippen molar-refractivity contribution in [3.63, 3.8) is 0 Å². The summed E-state index contributed by atoms with van der Waals surface area (Å²) in [6.45, 7) is 1.07. The minimum absolute atomic E-state index is 0.415. The van der Waals surface area contributed by atoms with Crippen molar-refractivity contribution < 1.29 is 4.79 Å². The van der Waals surface area contributed by atoms with E-state index in [1.54, 1.807) is 0 Å². The summed E-state index contributed by atoms with van der Waals surface area (Å²) >= 11 is 0. The molecule has 4 aliphatic rings. The van der Waals surface area contributed by atoms with Crippen LogP contribution in [0.15, 0.2) is 0 Å². The van der Waals surface area contributed by atoms with Gasteiger partial charge in [0.25, 0.3) is 0 Å². The molecule has 0 spiro atoms. The molecule has 20 heavy (non-hydrogen) atoms. The molecule has 1 amide bonds. The van der Waals surface area contributed by atoms with Gasteiger partial charge in [-0.1, -0.05) is 44.9 Å². The lowest BCUT2D eigenvalue weighted by Crippen LogP contribution is -2.48. The standard InChI is InChI=1S/C18H29NO/c20-18-16-10-5-4-9-15(16)17-14(11-6-12-19(17)18)13-7-2-1-3-8-13/h13-17H,1-12H2. The van der Waals surface area contributed by atoms with Gasteiger partial charge in [-0.25, -0.2) is 0 Å². The molecule has 2 aliphatic heterocycles. The summed E-state index contributed by atoms with van der Waals surface area (Å²) in [4.78, 5) is 15.1. The lowest BCUT2D eigenvalue weighted by atomic mass is 9.67. The van der Waals surface area contributed by atoms with Gasteiger partial charge in [0.1, 0.15) is 0 Å². The van der Waals surface area contributed by atoms with Crippen LogP contribution in [0.5, 0.6) is 0 Å². The second kappa shape index (κ2) is 5.35. The first-order chi connectivity index (χ1) is 9.86. The summed E-state index contributed by atoms with van der Waals surface area (Å²) in [6, 6.07) is 0.643. The Morgan fingerprint density at radius 3 is 2.30 bits per heavy atom. The quantitative estimate of drug-likeness (QED) is 0.708. The van der Waals surface area contributed by atoms with Gasteiger partial charge >= 0.3 is 0 Å². The number of carbonyl (C=O) groups excluding carboxylic acids is 1. The van der Waals surface area contributed by atoms with Gasteiger partial charge in [0.05, 0.1) is 0 Å². The Morgan fingerprint density at radius 1 is 0.750 bits per heavy atom. The van der Waals surface area contributed by atoms with Crippen molar-refractivity contribution in [2.24, 2.45) is 23.7 Å². The normalized spacial score (nSPS) is 42.4. The van der Waals surface area contributed by atoms with E-state index in [9.17, 15) is 4.79 Å². The van der Waals surface area contributed by atoms with Crippen LogP contribution >= 0.6 is 0 Å². The van der Waals surface area contributed by atoms with Gasteiger partial charge in [0.15, 0.2) is 0 Å². The number of hydrogen-bond acceptors (Lipinski definition) is 1.